The van der Waals surface area contributed by atoms with Crippen molar-refractivity contribution in [1.82, 2.24) is 0 Å². The van der Waals surface area contributed by atoms with E-state index in [-0.39, 0.29) is 14.5 Å². The topological polar surface area (TPSA) is 0 Å². The van der Waals surface area contributed by atoms with E-state index in [1.165, 1.54) is 151 Å². The molecule has 1 aromatic heterocycles. The van der Waals surface area contributed by atoms with Crippen molar-refractivity contribution in [3.63, 3.8) is 0 Å². The minimum absolute atomic E-state index is 0.158. The quantitative estimate of drug-likeness (QED) is 0.115. The number of fused-ring (bicyclic) bond motifs is 9. The van der Waals surface area contributed by atoms with Crippen molar-refractivity contribution in [3.05, 3.63) is 267 Å². The van der Waals surface area contributed by atoms with Crippen molar-refractivity contribution in [3.8, 4) is 66.8 Å². The Labute approximate surface area is 429 Å². The smallest absolute Gasteiger partial charge is 0.0544 e. The van der Waals surface area contributed by atoms with Crippen LogP contribution in [0, 0.1) is 0 Å². The molecule has 0 aliphatic rings. The third-order valence-corrected chi connectivity index (χ3v) is 17.9. The van der Waals surface area contributed by atoms with Crippen LogP contribution in [0.3, 0.4) is 0 Å². The monoisotopic (exact) mass is 988 g/mol. The molecule has 0 aliphatic heterocycles. The molecule has 15 aromatic rings. The van der Waals surface area contributed by atoms with Gasteiger partial charge in [0, 0.05) is 0 Å². The molecular weight excluding hydrogens is 944 g/mol. The van der Waals surface area contributed by atoms with Crippen LogP contribution in [-0.2, 0) is 0 Å². The van der Waals surface area contributed by atoms with Gasteiger partial charge in [0.05, 0.1) is 0 Å². The maximum atomic E-state index is 2.53. The number of hydrogen-bond acceptors (Lipinski definition) is 0. The molecule has 73 heavy (non-hydrogen) atoms. The molecule has 0 unspecified atom stereocenters. The van der Waals surface area contributed by atoms with Crippen molar-refractivity contribution in [2.24, 2.45) is 0 Å². The van der Waals surface area contributed by atoms with Crippen molar-refractivity contribution in [1.29, 1.82) is 0 Å². The minimum Gasteiger partial charge on any atom is -0.0617 e. The first-order valence-electron chi connectivity index (χ1n) is 25.2. The van der Waals surface area contributed by atoms with E-state index in [1.54, 1.807) is 0 Å². The van der Waals surface area contributed by atoms with Crippen LogP contribution in [0.4, 0.5) is 0 Å². The fourth-order valence-corrected chi connectivity index (χ4v) is 14.7. The normalized spacial score (nSPS) is 11.8. The van der Waals surface area contributed by atoms with Crippen LogP contribution < -0.4 is 0 Å². The van der Waals surface area contributed by atoms with Crippen molar-refractivity contribution in [2.75, 3.05) is 0 Å². The Morgan fingerprint density at radius 1 is 0.178 bits per heavy atom. The summed E-state index contributed by atoms with van der Waals surface area (Å²) in [6.45, 7) is 0. The molecule has 0 spiro atoms. The van der Waals surface area contributed by atoms with Crippen LogP contribution in [0.25, 0.3) is 151 Å². The van der Waals surface area contributed by atoms with Gasteiger partial charge in [0.25, 0.3) is 0 Å². The van der Waals surface area contributed by atoms with E-state index in [1.807, 2.05) is 0 Å². The summed E-state index contributed by atoms with van der Waals surface area (Å²) in [5, 5.41) is 17.9. The first kappa shape index (κ1) is 41.9. The van der Waals surface area contributed by atoms with E-state index in [0.717, 1.165) is 0 Å². The standard InChI is InChI=1S/C72H44Se/c1-3-20-45(21-4-1)48-39-41-62(52-26-9-7-24-50(48)52)69-56-30-13-11-28-54(56)68(55-29-12-14-31-57(55)69)47-38-43-66-65(44-47)72-64(36-19-37-67(72)73-66)71-60-34-17-15-32-58(60)70(59-33-16-18-35-61(59)71)63-42-40-49(46-22-5-2-6-23-46)51-25-8-10-27-53(51)63/h1-44H. The maximum absolute atomic E-state index is 2.53. The Hall–Kier alpha value is -8.84. The summed E-state index contributed by atoms with van der Waals surface area (Å²) in [6, 6.07) is 99.8. The second-order valence-electron chi connectivity index (χ2n) is 19.3. The fourth-order valence-electron chi connectivity index (χ4n) is 12.4. The third-order valence-electron chi connectivity index (χ3n) is 15.5. The van der Waals surface area contributed by atoms with E-state index in [9.17, 15) is 0 Å². The summed E-state index contributed by atoms with van der Waals surface area (Å²) in [7, 11) is 0. The molecule has 0 saturated carbocycles. The number of hydrogen-bond donors (Lipinski definition) is 0. The molecule has 0 nitrogen and oxygen atoms in total. The Morgan fingerprint density at radius 2 is 0.521 bits per heavy atom. The molecule has 0 N–H and O–H groups in total. The van der Waals surface area contributed by atoms with Crippen LogP contribution in [0.2, 0.25) is 0 Å². The molecule has 0 amide bonds. The minimum atomic E-state index is 0.158. The van der Waals surface area contributed by atoms with Crippen LogP contribution in [0.1, 0.15) is 0 Å². The SMILES string of the molecule is c1ccc(-c2ccc(-c3c4ccccc4c(-c4ccc5[se]c6cccc(-c7c8ccccc8c(-c8ccc(-c9ccccc9)c9ccccc89)c8ccccc78)c6c5c4)c4ccccc34)c3ccccc23)cc1. The van der Waals surface area contributed by atoms with Gasteiger partial charge in [-0.3, -0.25) is 0 Å². The molecule has 0 aliphatic carbocycles. The van der Waals surface area contributed by atoms with Gasteiger partial charge < -0.3 is 0 Å². The summed E-state index contributed by atoms with van der Waals surface area (Å²) in [5.41, 5.74) is 15.2. The maximum Gasteiger partial charge on any atom is -0.0544 e. The van der Waals surface area contributed by atoms with Gasteiger partial charge in [-0.1, -0.05) is 66.7 Å². The molecule has 1 heterocycles. The second-order valence-corrected chi connectivity index (χ2v) is 21.6. The van der Waals surface area contributed by atoms with Gasteiger partial charge in [-0.15, -0.1) is 0 Å². The van der Waals surface area contributed by atoms with Crippen LogP contribution in [0.5, 0.6) is 0 Å². The second kappa shape index (κ2) is 16.9. The Kier molecular flexibility index (Phi) is 9.70. The van der Waals surface area contributed by atoms with Crippen molar-refractivity contribution in [2.45, 2.75) is 0 Å². The largest absolute Gasteiger partial charge is 0.0617 e. The average molecular weight is 988 g/mol. The fraction of sp³-hybridized carbons (Fsp3) is 0. The molecule has 15 rings (SSSR count). The number of benzene rings is 14. The van der Waals surface area contributed by atoms with E-state index >= 15 is 0 Å². The third kappa shape index (κ3) is 6.53. The predicted octanol–water partition coefficient (Wildman–Crippen LogP) is 20.0. The summed E-state index contributed by atoms with van der Waals surface area (Å²) in [5.74, 6) is 0. The molecular formula is C72H44Se. The molecule has 1 heteroatoms. The number of rotatable bonds is 6. The zero-order valence-corrected chi connectivity index (χ0v) is 41.5. The molecule has 338 valence electrons. The summed E-state index contributed by atoms with van der Waals surface area (Å²) < 4.78 is 2.87. The summed E-state index contributed by atoms with van der Waals surface area (Å²) in [6.07, 6.45) is 0. The zero-order valence-electron chi connectivity index (χ0n) is 39.8. The van der Waals surface area contributed by atoms with E-state index in [2.05, 4.69) is 267 Å². The van der Waals surface area contributed by atoms with Gasteiger partial charge in [0.1, 0.15) is 0 Å². The van der Waals surface area contributed by atoms with E-state index < -0.39 is 0 Å². The van der Waals surface area contributed by atoms with Crippen LogP contribution in [0.15, 0.2) is 267 Å². The van der Waals surface area contributed by atoms with Crippen LogP contribution >= 0.6 is 0 Å². The van der Waals surface area contributed by atoms with Crippen LogP contribution in [-0.4, -0.2) is 14.5 Å². The molecule has 14 aromatic carbocycles. The van der Waals surface area contributed by atoms with Gasteiger partial charge in [-0.25, -0.2) is 0 Å². The molecule has 0 saturated heterocycles. The average Bonchev–Trinajstić information content (AvgIpc) is 3.84. The van der Waals surface area contributed by atoms with Crippen molar-refractivity contribution >= 4 is 98.4 Å². The Morgan fingerprint density at radius 3 is 0.945 bits per heavy atom. The summed E-state index contributed by atoms with van der Waals surface area (Å²) in [4.78, 5) is 0. The Balaban J connectivity index is 0.960. The van der Waals surface area contributed by atoms with E-state index in [0.29, 0.717) is 0 Å². The molecule has 0 bridgehead atoms. The molecule has 0 atom stereocenters. The predicted molar refractivity (Wildman–Crippen MR) is 316 cm³/mol. The van der Waals surface area contributed by atoms with Gasteiger partial charge >= 0.3 is 360 Å². The Bertz CT molecular complexity index is 4600. The van der Waals surface area contributed by atoms with Gasteiger partial charge in [0.15, 0.2) is 0 Å². The zero-order chi connectivity index (χ0) is 48.0. The first-order chi connectivity index (χ1) is 36.3. The molecule has 0 fully saturated rings. The first-order valence-corrected chi connectivity index (χ1v) is 27.0. The summed E-state index contributed by atoms with van der Waals surface area (Å²) >= 11 is 0.158. The van der Waals surface area contributed by atoms with Crippen molar-refractivity contribution < 1.29 is 0 Å². The molecule has 0 radical (unpaired) electrons. The van der Waals surface area contributed by atoms with E-state index in [4.69, 9.17) is 0 Å². The van der Waals surface area contributed by atoms with Gasteiger partial charge in [-0.05, 0) is 5.56 Å². The van der Waals surface area contributed by atoms with Gasteiger partial charge in [-0.2, -0.15) is 0 Å². The van der Waals surface area contributed by atoms with Gasteiger partial charge in [0.2, 0.25) is 0 Å².